The number of carbonyl (C=O) groups excluding carboxylic acids is 1. The van der Waals surface area contributed by atoms with Gasteiger partial charge in [-0.15, -0.1) is 0 Å². The van der Waals surface area contributed by atoms with Crippen molar-refractivity contribution in [2.45, 2.75) is 32.7 Å². The monoisotopic (exact) mass is 346 g/mol. The Morgan fingerprint density at radius 3 is 2.70 bits per heavy atom. The lowest BCUT2D eigenvalue weighted by atomic mass is 10.2. The van der Waals surface area contributed by atoms with E-state index in [9.17, 15) is 14.0 Å². The van der Waals surface area contributed by atoms with Crippen LogP contribution < -0.4 is 10.6 Å². The van der Waals surface area contributed by atoms with E-state index in [0.29, 0.717) is 17.7 Å². The lowest BCUT2D eigenvalue weighted by Gasteiger charge is -2.15. The minimum Gasteiger partial charge on any atom is -0.481 e. The second-order valence-electron chi connectivity index (χ2n) is 4.51. The predicted molar refractivity (Wildman–Crippen MR) is 77.3 cm³/mol. The van der Waals surface area contributed by atoms with Crippen molar-refractivity contribution in [1.82, 2.24) is 5.32 Å². The number of anilines is 1. The highest BCUT2D eigenvalue weighted by atomic mass is 79.9. The highest BCUT2D eigenvalue weighted by Crippen LogP contribution is 2.24. The number of aliphatic carboxylic acids is 1. The Morgan fingerprint density at radius 1 is 1.45 bits per heavy atom. The van der Waals surface area contributed by atoms with Gasteiger partial charge in [0.1, 0.15) is 5.82 Å². The van der Waals surface area contributed by atoms with E-state index in [1.807, 2.05) is 0 Å². The molecule has 1 atom stereocenters. The Labute approximate surface area is 124 Å². The molecule has 0 bridgehead atoms. The largest absolute Gasteiger partial charge is 0.481 e. The lowest BCUT2D eigenvalue weighted by molar-refractivity contribution is -0.137. The van der Waals surface area contributed by atoms with Gasteiger partial charge in [0.25, 0.3) is 0 Å². The summed E-state index contributed by atoms with van der Waals surface area (Å²) in [5.41, 5.74) is 1.08. The van der Waals surface area contributed by atoms with Crippen molar-refractivity contribution < 1.29 is 19.1 Å². The molecule has 7 heteroatoms. The molecule has 0 spiro atoms. The number of hydrogen-bond donors (Lipinski definition) is 3. The molecule has 1 unspecified atom stereocenters. The number of hydrogen-bond acceptors (Lipinski definition) is 2. The quantitative estimate of drug-likeness (QED) is 0.765. The molecule has 0 fully saturated rings. The van der Waals surface area contributed by atoms with Gasteiger partial charge in [0.15, 0.2) is 0 Å². The van der Waals surface area contributed by atoms with Gasteiger partial charge >= 0.3 is 12.0 Å². The molecular formula is C13H16BrFN2O3. The summed E-state index contributed by atoms with van der Waals surface area (Å²) >= 11 is 3.05. The molecule has 0 aromatic heterocycles. The summed E-state index contributed by atoms with van der Waals surface area (Å²) in [6.07, 6.45) is 0.331. The first-order valence-corrected chi connectivity index (χ1v) is 6.84. The van der Waals surface area contributed by atoms with Crippen LogP contribution in [0.1, 0.15) is 25.3 Å². The maximum absolute atomic E-state index is 13.3. The van der Waals surface area contributed by atoms with Gasteiger partial charge in [0.2, 0.25) is 0 Å². The van der Waals surface area contributed by atoms with Gasteiger partial charge in [-0.25, -0.2) is 9.18 Å². The van der Waals surface area contributed by atoms with Crippen molar-refractivity contribution in [3.63, 3.8) is 0 Å². The summed E-state index contributed by atoms with van der Waals surface area (Å²) in [6.45, 7) is 3.40. The second kappa shape index (κ2) is 7.23. The van der Waals surface area contributed by atoms with Crippen LogP contribution in [0.2, 0.25) is 0 Å². The van der Waals surface area contributed by atoms with Crippen LogP contribution in [0.3, 0.4) is 0 Å². The fraction of sp³-hybridized carbons (Fsp3) is 0.385. The number of carbonyl (C=O) groups is 2. The molecule has 0 radical (unpaired) electrons. The Bertz CT molecular complexity index is 523. The Hall–Kier alpha value is -1.63. The first-order chi connectivity index (χ1) is 9.29. The number of carboxylic acid groups (broad SMARTS) is 1. The molecule has 2 amide bonds. The van der Waals surface area contributed by atoms with E-state index >= 15 is 0 Å². The zero-order valence-corrected chi connectivity index (χ0v) is 12.8. The van der Waals surface area contributed by atoms with Crippen LogP contribution in [0.5, 0.6) is 0 Å². The number of benzene rings is 1. The molecule has 1 aromatic carbocycles. The van der Waals surface area contributed by atoms with Gasteiger partial charge < -0.3 is 15.7 Å². The molecule has 5 nitrogen and oxygen atoms in total. The summed E-state index contributed by atoms with van der Waals surface area (Å²) in [6, 6.07) is 2.07. The summed E-state index contributed by atoms with van der Waals surface area (Å²) < 4.78 is 13.5. The fourth-order valence-electron chi connectivity index (χ4n) is 1.58. The van der Waals surface area contributed by atoms with E-state index in [2.05, 4.69) is 26.6 Å². The van der Waals surface area contributed by atoms with Gasteiger partial charge in [-0.2, -0.15) is 0 Å². The van der Waals surface area contributed by atoms with Crippen LogP contribution in [0.15, 0.2) is 16.6 Å². The number of carboxylic acids is 1. The number of nitrogens with one attached hydrogen (secondary N) is 2. The van der Waals surface area contributed by atoms with Crippen molar-refractivity contribution in [3.8, 4) is 0 Å². The minimum absolute atomic E-state index is 0.0113. The zero-order chi connectivity index (χ0) is 15.3. The molecule has 20 heavy (non-hydrogen) atoms. The van der Waals surface area contributed by atoms with E-state index in [0.717, 1.165) is 0 Å². The minimum atomic E-state index is -0.905. The number of rotatable bonds is 5. The molecule has 0 aliphatic carbocycles. The van der Waals surface area contributed by atoms with Crippen molar-refractivity contribution in [3.05, 3.63) is 28.0 Å². The van der Waals surface area contributed by atoms with Crippen molar-refractivity contribution in [1.29, 1.82) is 0 Å². The van der Waals surface area contributed by atoms with Crippen LogP contribution >= 0.6 is 15.9 Å². The maximum Gasteiger partial charge on any atom is 0.319 e. The third-order valence-electron chi connectivity index (χ3n) is 2.68. The van der Waals surface area contributed by atoms with E-state index in [1.165, 1.54) is 12.1 Å². The van der Waals surface area contributed by atoms with Crippen LogP contribution in [-0.4, -0.2) is 23.1 Å². The van der Waals surface area contributed by atoms with Gasteiger partial charge in [0, 0.05) is 18.2 Å². The molecular weight excluding hydrogens is 331 g/mol. The predicted octanol–water partition coefficient (Wildman–Crippen LogP) is 3.27. The lowest BCUT2D eigenvalue weighted by Crippen LogP contribution is -2.36. The van der Waals surface area contributed by atoms with Crippen molar-refractivity contribution >= 4 is 33.6 Å². The third-order valence-corrected chi connectivity index (χ3v) is 3.29. The zero-order valence-electron chi connectivity index (χ0n) is 11.2. The van der Waals surface area contributed by atoms with Crippen molar-refractivity contribution in [2.24, 2.45) is 0 Å². The van der Waals surface area contributed by atoms with Gasteiger partial charge in [-0.3, -0.25) is 4.79 Å². The summed E-state index contributed by atoms with van der Waals surface area (Å²) in [5.74, 6) is -1.30. The maximum atomic E-state index is 13.3. The van der Waals surface area contributed by atoms with E-state index in [4.69, 9.17) is 5.11 Å². The van der Waals surface area contributed by atoms with Crippen molar-refractivity contribution in [2.75, 3.05) is 5.32 Å². The normalized spacial score (nSPS) is 11.8. The molecule has 3 N–H and O–H groups in total. The van der Waals surface area contributed by atoms with Crippen LogP contribution in [0.4, 0.5) is 14.9 Å². The molecule has 0 heterocycles. The Balaban J connectivity index is 2.58. The second-order valence-corrected chi connectivity index (χ2v) is 5.37. The molecule has 0 aliphatic rings. The van der Waals surface area contributed by atoms with Crippen LogP contribution in [-0.2, 0) is 4.79 Å². The molecule has 1 aromatic rings. The number of aryl methyl sites for hydroxylation is 1. The van der Waals surface area contributed by atoms with Crippen LogP contribution in [0.25, 0.3) is 0 Å². The molecule has 1 rings (SSSR count). The Kier molecular flexibility index (Phi) is 5.94. The summed E-state index contributed by atoms with van der Waals surface area (Å²) in [5, 5.41) is 13.8. The summed E-state index contributed by atoms with van der Waals surface area (Å²) in [4.78, 5) is 22.2. The average Bonchev–Trinajstić information content (AvgIpc) is 2.33. The molecule has 110 valence electrons. The number of halogens is 2. The number of amides is 2. The van der Waals surface area contributed by atoms with E-state index < -0.39 is 17.8 Å². The SMILES string of the molecule is Cc1cc(F)c(Br)cc1NC(=O)NC(C)CCC(=O)O. The first-order valence-electron chi connectivity index (χ1n) is 6.04. The van der Waals surface area contributed by atoms with E-state index in [1.54, 1.807) is 13.8 Å². The topological polar surface area (TPSA) is 78.4 Å². The average molecular weight is 347 g/mol. The van der Waals surface area contributed by atoms with Gasteiger partial charge in [0.05, 0.1) is 4.47 Å². The van der Waals surface area contributed by atoms with E-state index in [-0.39, 0.29) is 16.9 Å². The standard InChI is InChI=1S/C13H16BrFN2O3/c1-7-5-10(15)9(14)6-11(7)17-13(20)16-8(2)3-4-12(18)19/h5-6,8H,3-4H2,1-2H3,(H,18,19)(H2,16,17,20). The first kappa shape index (κ1) is 16.4. The van der Waals surface area contributed by atoms with Gasteiger partial charge in [-0.1, -0.05) is 0 Å². The third kappa shape index (κ3) is 5.16. The smallest absolute Gasteiger partial charge is 0.319 e. The highest BCUT2D eigenvalue weighted by Gasteiger charge is 2.11. The van der Waals surface area contributed by atoms with Gasteiger partial charge in [-0.05, 0) is 53.9 Å². The van der Waals surface area contributed by atoms with Crippen LogP contribution in [0, 0.1) is 12.7 Å². The molecule has 0 aliphatic heterocycles. The number of urea groups is 1. The Morgan fingerprint density at radius 2 is 2.10 bits per heavy atom. The highest BCUT2D eigenvalue weighted by molar-refractivity contribution is 9.10. The molecule has 0 saturated heterocycles. The molecule has 0 saturated carbocycles. The summed E-state index contributed by atoms with van der Waals surface area (Å²) in [7, 11) is 0. The fourth-order valence-corrected chi connectivity index (χ4v) is 1.92.